The van der Waals surface area contributed by atoms with Crippen LogP contribution < -0.4 is 15.4 Å². The minimum Gasteiger partial charge on any atom is -0.461 e. The molecular weight excluding hydrogens is 628 g/mol. The maximum Gasteiger partial charge on any atom is 0.319 e. The van der Waals surface area contributed by atoms with Crippen LogP contribution in [-0.2, 0) is 24.5 Å². The highest BCUT2D eigenvalue weighted by Gasteiger charge is 2.43. The lowest BCUT2D eigenvalue weighted by Crippen LogP contribution is -2.55. The average molecular weight is 660 g/mol. The molecule has 2 bridgehead atoms. The normalized spacial score (nSPS) is 19.9. The number of pyridine rings is 1. The van der Waals surface area contributed by atoms with Crippen LogP contribution in [0.5, 0.6) is 6.01 Å². The molecule has 15 heteroatoms. The Kier molecular flexibility index (Phi) is 7.40. The van der Waals surface area contributed by atoms with Crippen molar-refractivity contribution in [1.29, 1.82) is 5.26 Å². The monoisotopic (exact) mass is 659 g/mol. The van der Waals surface area contributed by atoms with Crippen molar-refractivity contribution in [1.82, 2.24) is 29.4 Å². The number of nitriles is 1. The van der Waals surface area contributed by atoms with Gasteiger partial charge in [-0.2, -0.15) is 15.2 Å². The molecule has 4 aromatic heterocycles. The highest BCUT2D eigenvalue weighted by atomic mass is 32.1. The van der Waals surface area contributed by atoms with Gasteiger partial charge in [-0.1, -0.05) is 0 Å². The highest BCUT2D eigenvalue weighted by Crippen LogP contribution is 2.48. The summed E-state index contributed by atoms with van der Waals surface area (Å²) in [5.41, 5.74) is 7.70. The predicted octanol–water partition coefficient (Wildman–Crippen LogP) is 3.98. The van der Waals surface area contributed by atoms with Crippen molar-refractivity contribution < 1.29 is 23.4 Å². The van der Waals surface area contributed by atoms with Gasteiger partial charge in [0.05, 0.1) is 59.7 Å². The molecule has 3 unspecified atom stereocenters. The molecule has 0 spiro atoms. The molecule has 0 amide bonds. The molecule has 2 saturated heterocycles. The molecule has 0 radical (unpaired) electrons. The molecule has 2 fully saturated rings. The standard InChI is InChI=1S/C32H31F2N9O3S/c1-16(44)10-42-11-17-2-3-18(12-42)43(17)31-25-21-14-45-13-20(21)23(27-24-19(8-35)30(36)47-29(24)22(33)9-38-27)26(34)28(25)39-32(40-31)46-7-6-41-5-4-37-15-41/h4-5,9,15-18,44H,2-3,6-7,10-14,36H2,1H3. The van der Waals surface area contributed by atoms with Crippen LogP contribution in [0.2, 0.25) is 0 Å². The van der Waals surface area contributed by atoms with E-state index < -0.39 is 17.7 Å². The first-order chi connectivity index (χ1) is 22.8. The maximum absolute atomic E-state index is 17.3. The van der Waals surface area contributed by atoms with E-state index in [0.29, 0.717) is 29.9 Å². The Bertz CT molecular complexity index is 2050. The second kappa shape index (κ2) is 11.6. The summed E-state index contributed by atoms with van der Waals surface area (Å²) in [6.07, 6.45) is 7.61. The third-order valence-corrected chi connectivity index (χ3v) is 10.3. The number of fused-ring (bicyclic) bond motifs is 6. The molecule has 3 N–H and O–H groups in total. The minimum absolute atomic E-state index is 0.0249. The van der Waals surface area contributed by atoms with Crippen molar-refractivity contribution in [2.24, 2.45) is 0 Å². The molecular formula is C32H31F2N9O3S. The number of thiophene rings is 1. The number of anilines is 2. The molecule has 3 aliphatic rings. The van der Waals surface area contributed by atoms with Gasteiger partial charge in [0.2, 0.25) is 0 Å². The Balaban J connectivity index is 1.33. The zero-order valence-electron chi connectivity index (χ0n) is 25.5. The van der Waals surface area contributed by atoms with Gasteiger partial charge in [0.1, 0.15) is 29.0 Å². The molecule has 12 nitrogen and oxygen atoms in total. The van der Waals surface area contributed by atoms with E-state index in [9.17, 15) is 14.8 Å². The van der Waals surface area contributed by atoms with Crippen molar-refractivity contribution in [2.45, 2.75) is 57.7 Å². The molecule has 3 aliphatic heterocycles. The molecule has 1 aromatic carbocycles. The summed E-state index contributed by atoms with van der Waals surface area (Å²) >= 11 is 0.932. The van der Waals surface area contributed by atoms with E-state index in [2.05, 4.69) is 30.8 Å². The fourth-order valence-electron chi connectivity index (χ4n) is 7.40. The molecule has 242 valence electrons. The first kappa shape index (κ1) is 29.9. The van der Waals surface area contributed by atoms with Crippen LogP contribution in [0.4, 0.5) is 19.6 Å². The molecule has 8 rings (SSSR count). The number of likely N-dealkylation sites (tertiary alicyclic amines) is 1. The SMILES string of the molecule is CC(O)CN1CC2CCC(C1)N2c1nc(OCCn2ccnc2)nc2c(F)c(-c3ncc(F)c4sc(N)c(C#N)c34)c3c(c12)COC3. The molecule has 0 saturated carbocycles. The zero-order chi connectivity index (χ0) is 32.4. The first-order valence-corrected chi connectivity index (χ1v) is 16.3. The summed E-state index contributed by atoms with van der Waals surface area (Å²) in [7, 11) is 0. The van der Waals surface area contributed by atoms with Crippen LogP contribution in [0.15, 0.2) is 24.9 Å². The molecule has 47 heavy (non-hydrogen) atoms. The summed E-state index contributed by atoms with van der Waals surface area (Å²) in [5.74, 6) is -0.736. The van der Waals surface area contributed by atoms with Crippen LogP contribution in [0, 0.1) is 23.0 Å². The Morgan fingerprint density at radius 3 is 2.70 bits per heavy atom. The van der Waals surface area contributed by atoms with E-state index in [1.54, 1.807) is 19.4 Å². The number of hydrogen-bond donors (Lipinski definition) is 2. The van der Waals surface area contributed by atoms with Crippen molar-refractivity contribution in [2.75, 3.05) is 36.9 Å². The van der Waals surface area contributed by atoms with Gasteiger partial charge in [-0.3, -0.25) is 9.88 Å². The minimum atomic E-state index is -0.679. The number of β-amino-alcohol motifs (C(OH)–C–C–N with tert-alkyl or cyclic N) is 1. The first-order valence-electron chi connectivity index (χ1n) is 15.5. The van der Waals surface area contributed by atoms with Gasteiger partial charge < -0.3 is 29.8 Å². The summed E-state index contributed by atoms with van der Waals surface area (Å²) in [6.45, 7) is 4.82. The topological polar surface area (TPSA) is 151 Å². The number of nitrogens with two attached hydrogens (primary N) is 1. The highest BCUT2D eigenvalue weighted by molar-refractivity contribution is 7.23. The number of piperazine rings is 1. The van der Waals surface area contributed by atoms with Gasteiger partial charge in [0, 0.05) is 55.1 Å². The lowest BCUT2D eigenvalue weighted by atomic mass is 9.93. The number of imidazole rings is 1. The Morgan fingerprint density at radius 2 is 1.98 bits per heavy atom. The number of rotatable bonds is 8. The number of nitrogens with zero attached hydrogens (tertiary/aromatic N) is 8. The summed E-state index contributed by atoms with van der Waals surface area (Å²) in [6, 6.07) is 2.27. The quantitative estimate of drug-likeness (QED) is 0.249. The smallest absolute Gasteiger partial charge is 0.319 e. The molecule has 5 aromatic rings. The van der Waals surface area contributed by atoms with Crippen molar-refractivity contribution >= 4 is 43.1 Å². The van der Waals surface area contributed by atoms with Gasteiger partial charge in [0.25, 0.3) is 0 Å². The number of aliphatic hydroxyl groups excluding tert-OH is 1. The van der Waals surface area contributed by atoms with E-state index in [1.807, 2.05) is 10.8 Å². The van der Waals surface area contributed by atoms with Crippen LogP contribution >= 0.6 is 11.3 Å². The van der Waals surface area contributed by atoms with Crippen LogP contribution in [-0.4, -0.2) is 78.9 Å². The Labute approximate surface area is 272 Å². The summed E-state index contributed by atoms with van der Waals surface area (Å²) in [4.78, 5) is 22.5. The fraction of sp³-hybridized carbons (Fsp3) is 0.406. The van der Waals surface area contributed by atoms with Gasteiger partial charge >= 0.3 is 6.01 Å². The summed E-state index contributed by atoms with van der Waals surface area (Å²) < 4.78 is 46.2. The molecule has 7 heterocycles. The van der Waals surface area contributed by atoms with Gasteiger partial charge in [-0.15, -0.1) is 11.3 Å². The van der Waals surface area contributed by atoms with E-state index in [4.69, 9.17) is 20.2 Å². The largest absolute Gasteiger partial charge is 0.461 e. The number of halogens is 2. The number of aromatic nitrogens is 5. The second-order valence-corrected chi connectivity index (χ2v) is 13.4. The van der Waals surface area contributed by atoms with Crippen LogP contribution in [0.25, 0.3) is 32.2 Å². The van der Waals surface area contributed by atoms with E-state index >= 15 is 4.39 Å². The van der Waals surface area contributed by atoms with E-state index in [1.165, 1.54) is 0 Å². The lowest BCUT2D eigenvalue weighted by molar-refractivity contribution is 0.111. The van der Waals surface area contributed by atoms with Crippen molar-refractivity contribution in [3.63, 3.8) is 0 Å². The number of benzene rings is 1. The zero-order valence-corrected chi connectivity index (χ0v) is 26.3. The maximum atomic E-state index is 17.3. The van der Waals surface area contributed by atoms with Gasteiger partial charge in [-0.25, -0.2) is 13.8 Å². The predicted molar refractivity (Wildman–Crippen MR) is 171 cm³/mol. The average Bonchev–Trinajstić information content (AvgIpc) is 3.84. The van der Waals surface area contributed by atoms with Crippen LogP contribution in [0.1, 0.15) is 36.5 Å². The van der Waals surface area contributed by atoms with Crippen molar-refractivity contribution in [3.8, 4) is 23.3 Å². The van der Waals surface area contributed by atoms with Gasteiger partial charge in [0.15, 0.2) is 11.6 Å². The lowest BCUT2D eigenvalue weighted by Gasteiger charge is -2.42. The Hall–Kier alpha value is -4.49. The number of nitrogen functional groups attached to an aromatic ring is 1. The van der Waals surface area contributed by atoms with Crippen molar-refractivity contribution in [3.05, 3.63) is 53.2 Å². The van der Waals surface area contributed by atoms with Gasteiger partial charge in [-0.05, 0) is 30.9 Å². The number of aliphatic hydroxyl groups is 1. The third-order valence-electron chi connectivity index (χ3n) is 9.27. The Morgan fingerprint density at radius 1 is 1.19 bits per heavy atom. The number of hydrogen-bond acceptors (Lipinski definition) is 12. The van der Waals surface area contributed by atoms with E-state index in [-0.39, 0.29) is 75.3 Å². The molecule has 3 atom stereocenters. The molecule has 0 aliphatic carbocycles. The van der Waals surface area contributed by atoms with Crippen LogP contribution in [0.3, 0.4) is 0 Å². The summed E-state index contributed by atoms with van der Waals surface area (Å²) in [5, 5.41) is 20.9. The number of ether oxygens (including phenoxy) is 2. The third kappa shape index (κ3) is 4.94. The second-order valence-electron chi connectivity index (χ2n) is 12.3. The van der Waals surface area contributed by atoms with E-state index in [0.717, 1.165) is 49.0 Å². The fourth-order valence-corrected chi connectivity index (χ4v) is 8.32.